The third kappa shape index (κ3) is 1.26. The highest BCUT2D eigenvalue weighted by Crippen LogP contribution is 2.35. The number of nitrogens with zero attached hydrogens (tertiary/aromatic N) is 2. The van der Waals surface area contributed by atoms with Crippen LogP contribution in [0, 0.1) is 0 Å². The summed E-state index contributed by atoms with van der Waals surface area (Å²) >= 11 is 0. The molecule has 1 aliphatic rings. The number of rotatable bonds is 0. The number of hydrogen-bond acceptors (Lipinski definition) is 3. The lowest BCUT2D eigenvalue weighted by molar-refractivity contribution is 0.151. The van der Waals surface area contributed by atoms with Gasteiger partial charge in [-0.1, -0.05) is 36.4 Å². The van der Waals surface area contributed by atoms with Crippen molar-refractivity contribution in [3.8, 4) is 11.4 Å². The van der Waals surface area contributed by atoms with Crippen LogP contribution in [0.1, 0.15) is 11.8 Å². The molecule has 19 heavy (non-hydrogen) atoms. The lowest BCUT2D eigenvalue weighted by atomic mass is 10.1. The van der Waals surface area contributed by atoms with Gasteiger partial charge in [0.15, 0.2) is 6.23 Å². The van der Waals surface area contributed by atoms with E-state index < -0.39 is 6.23 Å². The van der Waals surface area contributed by atoms with Gasteiger partial charge in [0.1, 0.15) is 5.82 Å². The lowest BCUT2D eigenvalue weighted by Gasteiger charge is -2.09. The summed E-state index contributed by atoms with van der Waals surface area (Å²) in [5.41, 5.74) is 1.99. The van der Waals surface area contributed by atoms with Gasteiger partial charge >= 0.3 is 0 Å². The molecule has 2 heterocycles. The zero-order chi connectivity index (χ0) is 13.0. The SMILES string of the molecule is O=c1c2ccccc2nc2n1C(O)c1ccccc1-2. The highest BCUT2D eigenvalue weighted by molar-refractivity contribution is 5.81. The Bertz CT molecular complexity index is 867. The van der Waals surface area contributed by atoms with Gasteiger partial charge < -0.3 is 5.11 Å². The minimum absolute atomic E-state index is 0.204. The van der Waals surface area contributed by atoms with Crippen molar-refractivity contribution in [1.29, 1.82) is 0 Å². The number of aliphatic hydroxyl groups is 1. The number of benzene rings is 2. The fraction of sp³-hybridized carbons (Fsp3) is 0.0667. The first-order valence-electron chi connectivity index (χ1n) is 6.06. The van der Waals surface area contributed by atoms with Crippen LogP contribution in [0.4, 0.5) is 0 Å². The first-order valence-corrected chi connectivity index (χ1v) is 6.06. The Morgan fingerprint density at radius 3 is 2.68 bits per heavy atom. The molecule has 0 bridgehead atoms. The molecule has 4 heteroatoms. The summed E-state index contributed by atoms with van der Waals surface area (Å²) in [5.74, 6) is 0.534. The number of fused-ring (bicyclic) bond motifs is 4. The standard InChI is InChI=1S/C15H10N2O2/c18-14-10-6-2-1-5-9(10)13-16-12-8-4-3-7-11(12)15(19)17(13)14/h1-8,14,18H. The Hall–Kier alpha value is -2.46. The van der Waals surface area contributed by atoms with E-state index in [0.717, 1.165) is 11.1 Å². The van der Waals surface area contributed by atoms with E-state index in [0.29, 0.717) is 16.7 Å². The number of aromatic nitrogens is 2. The van der Waals surface area contributed by atoms with Crippen LogP contribution < -0.4 is 5.56 Å². The van der Waals surface area contributed by atoms with Crippen LogP contribution in [0.5, 0.6) is 0 Å². The maximum absolute atomic E-state index is 12.5. The van der Waals surface area contributed by atoms with E-state index in [-0.39, 0.29) is 5.56 Å². The number of hydrogen-bond donors (Lipinski definition) is 1. The average Bonchev–Trinajstić information content (AvgIpc) is 2.74. The van der Waals surface area contributed by atoms with Crippen LogP contribution in [-0.2, 0) is 0 Å². The fourth-order valence-corrected chi connectivity index (χ4v) is 2.63. The molecule has 0 saturated heterocycles. The van der Waals surface area contributed by atoms with Gasteiger partial charge in [-0.15, -0.1) is 0 Å². The van der Waals surface area contributed by atoms with Gasteiger partial charge in [-0.25, -0.2) is 4.98 Å². The minimum Gasteiger partial charge on any atom is -0.369 e. The summed E-state index contributed by atoms with van der Waals surface area (Å²) < 4.78 is 1.35. The van der Waals surface area contributed by atoms with Crippen LogP contribution in [0.3, 0.4) is 0 Å². The number of para-hydroxylation sites is 1. The second-order valence-electron chi connectivity index (χ2n) is 4.59. The average molecular weight is 250 g/mol. The molecule has 2 aromatic carbocycles. The predicted octanol–water partition coefficient (Wildman–Crippen LogP) is 1.92. The summed E-state index contributed by atoms with van der Waals surface area (Å²) in [6, 6.07) is 14.6. The van der Waals surface area contributed by atoms with Gasteiger partial charge in [-0.3, -0.25) is 9.36 Å². The summed E-state index contributed by atoms with van der Waals surface area (Å²) in [6.07, 6.45) is -0.948. The van der Waals surface area contributed by atoms with E-state index >= 15 is 0 Å². The Morgan fingerprint density at radius 2 is 1.79 bits per heavy atom. The Kier molecular flexibility index (Phi) is 1.94. The zero-order valence-corrected chi connectivity index (χ0v) is 9.95. The molecule has 92 valence electrons. The maximum Gasteiger partial charge on any atom is 0.264 e. The second kappa shape index (κ2) is 3.52. The van der Waals surface area contributed by atoms with Crippen molar-refractivity contribution in [1.82, 2.24) is 9.55 Å². The van der Waals surface area contributed by atoms with Crippen molar-refractivity contribution in [2.75, 3.05) is 0 Å². The Balaban J connectivity index is 2.19. The molecule has 1 aliphatic heterocycles. The molecular formula is C15H10N2O2. The van der Waals surface area contributed by atoms with E-state index in [1.165, 1.54) is 4.57 Å². The van der Waals surface area contributed by atoms with Gasteiger partial charge in [0, 0.05) is 11.1 Å². The van der Waals surface area contributed by atoms with Crippen molar-refractivity contribution in [2.45, 2.75) is 6.23 Å². The van der Waals surface area contributed by atoms with E-state index in [2.05, 4.69) is 4.98 Å². The lowest BCUT2D eigenvalue weighted by Crippen LogP contribution is -2.24. The van der Waals surface area contributed by atoms with Gasteiger partial charge in [-0.2, -0.15) is 0 Å². The van der Waals surface area contributed by atoms with Crippen LogP contribution >= 0.6 is 0 Å². The van der Waals surface area contributed by atoms with Gasteiger partial charge in [0.05, 0.1) is 10.9 Å². The predicted molar refractivity (Wildman–Crippen MR) is 71.8 cm³/mol. The molecule has 1 N–H and O–H groups in total. The first kappa shape index (κ1) is 10.5. The molecule has 4 nitrogen and oxygen atoms in total. The second-order valence-corrected chi connectivity index (χ2v) is 4.59. The highest BCUT2D eigenvalue weighted by Gasteiger charge is 2.29. The van der Waals surface area contributed by atoms with E-state index in [1.54, 1.807) is 12.1 Å². The Labute approximate surface area is 108 Å². The van der Waals surface area contributed by atoms with Crippen LogP contribution in [0.15, 0.2) is 53.3 Å². The number of aliphatic hydroxyl groups excluding tert-OH is 1. The molecule has 0 spiro atoms. The maximum atomic E-state index is 12.5. The molecule has 4 rings (SSSR count). The highest BCUT2D eigenvalue weighted by atomic mass is 16.3. The molecule has 0 amide bonds. The third-order valence-corrected chi connectivity index (χ3v) is 3.53. The molecule has 1 aromatic heterocycles. The largest absolute Gasteiger partial charge is 0.369 e. The summed E-state index contributed by atoms with van der Waals surface area (Å²) in [7, 11) is 0. The van der Waals surface area contributed by atoms with Gasteiger partial charge in [-0.05, 0) is 12.1 Å². The third-order valence-electron chi connectivity index (χ3n) is 3.53. The molecule has 0 aliphatic carbocycles. The van der Waals surface area contributed by atoms with Crippen molar-refractivity contribution < 1.29 is 5.11 Å². The van der Waals surface area contributed by atoms with Crippen LogP contribution in [-0.4, -0.2) is 14.7 Å². The van der Waals surface area contributed by atoms with E-state index in [1.807, 2.05) is 36.4 Å². The van der Waals surface area contributed by atoms with Crippen LogP contribution in [0.2, 0.25) is 0 Å². The van der Waals surface area contributed by atoms with E-state index in [9.17, 15) is 9.90 Å². The molecule has 3 aromatic rings. The molecule has 0 radical (unpaired) electrons. The van der Waals surface area contributed by atoms with Crippen molar-refractivity contribution in [3.05, 3.63) is 64.4 Å². The quantitative estimate of drug-likeness (QED) is 0.663. The molecular weight excluding hydrogens is 240 g/mol. The van der Waals surface area contributed by atoms with Crippen LogP contribution in [0.25, 0.3) is 22.3 Å². The smallest absolute Gasteiger partial charge is 0.264 e. The molecule has 1 atom stereocenters. The Morgan fingerprint density at radius 1 is 1.05 bits per heavy atom. The van der Waals surface area contributed by atoms with Crippen molar-refractivity contribution >= 4 is 10.9 Å². The normalized spacial score (nSPS) is 16.4. The van der Waals surface area contributed by atoms with Gasteiger partial charge in [0.25, 0.3) is 5.56 Å². The molecule has 0 saturated carbocycles. The summed E-state index contributed by atoms with van der Waals surface area (Å²) in [4.78, 5) is 17.0. The topological polar surface area (TPSA) is 55.1 Å². The summed E-state index contributed by atoms with van der Waals surface area (Å²) in [5, 5.41) is 10.8. The summed E-state index contributed by atoms with van der Waals surface area (Å²) in [6.45, 7) is 0. The minimum atomic E-state index is -0.948. The van der Waals surface area contributed by atoms with Crippen molar-refractivity contribution in [2.24, 2.45) is 0 Å². The van der Waals surface area contributed by atoms with Gasteiger partial charge in [0.2, 0.25) is 0 Å². The van der Waals surface area contributed by atoms with E-state index in [4.69, 9.17) is 0 Å². The zero-order valence-electron chi connectivity index (χ0n) is 9.95. The molecule has 0 fully saturated rings. The first-order chi connectivity index (χ1) is 9.27. The fourth-order valence-electron chi connectivity index (χ4n) is 2.63. The monoisotopic (exact) mass is 250 g/mol. The van der Waals surface area contributed by atoms with Crippen molar-refractivity contribution in [3.63, 3.8) is 0 Å². The molecule has 1 unspecified atom stereocenters.